The van der Waals surface area contributed by atoms with Crippen LogP contribution in [0.3, 0.4) is 0 Å². The molecule has 0 amide bonds. The molecule has 0 N–H and O–H groups in total. The van der Waals surface area contributed by atoms with E-state index in [-0.39, 0.29) is 35.2 Å². The number of hydrogen-bond acceptors (Lipinski definition) is 2. The van der Waals surface area contributed by atoms with E-state index in [4.69, 9.17) is 1.37 Å². The minimum absolute atomic E-state index is 0.0102. The Morgan fingerprint density at radius 2 is 2.00 bits per heavy atom. The van der Waals surface area contributed by atoms with Crippen LogP contribution in [-0.4, -0.2) is 11.6 Å². The topological polar surface area (TPSA) is 34.1 Å². The minimum Gasteiger partial charge on any atom is -0.298 e. The molecule has 0 heterocycles. The molecule has 2 rings (SSSR count). The predicted molar refractivity (Wildman–Crippen MR) is 67.6 cm³/mol. The molecule has 96 valence electrons. The van der Waals surface area contributed by atoms with Crippen LogP contribution in [0, 0.1) is 28.1 Å². The Morgan fingerprint density at radius 3 is 2.41 bits per heavy atom. The lowest BCUT2D eigenvalue weighted by Gasteiger charge is -2.32. The maximum atomic E-state index is 12.6. The van der Waals surface area contributed by atoms with Crippen LogP contribution in [0.1, 0.15) is 55.7 Å². The summed E-state index contributed by atoms with van der Waals surface area (Å²) < 4.78 is 7.52. The highest BCUT2D eigenvalue weighted by Gasteiger charge is 2.68. The molecule has 3 atom stereocenters. The number of fused-ring (bicyclic) bond motifs is 2. The summed E-state index contributed by atoms with van der Waals surface area (Å²) in [5.41, 5.74) is -1.12. The van der Waals surface area contributed by atoms with Crippen LogP contribution in [0.2, 0.25) is 0 Å². The van der Waals surface area contributed by atoms with Gasteiger partial charge in [0.15, 0.2) is 0 Å². The zero-order chi connectivity index (χ0) is 13.9. The van der Waals surface area contributed by atoms with Crippen molar-refractivity contribution in [1.82, 2.24) is 0 Å². The van der Waals surface area contributed by atoms with Gasteiger partial charge in [0.1, 0.15) is 11.6 Å². The van der Waals surface area contributed by atoms with E-state index >= 15 is 0 Å². The molecule has 0 aromatic rings. The lowest BCUT2D eigenvalue weighted by Crippen LogP contribution is -2.39. The van der Waals surface area contributed by atoms with Crippen LogP contribution in [0.4, 0.5) is 0 Å². The van der Waals surface area contributed by atoms with Crippen LogP contribution < -0.4 is 0 Å². The van der Waals surface area contributed by atoms with Crippen LogP contribution in [0.15, 0.2) is 0 Å². The summed E-state index contributed by atoms with van der Waals surface area (Å²) >= 11 is 0. The molecular formula is C15H24O2. The van der Waals surface area contributed by atoms with Gasteiger partial charge in [0.25, 0.3) is 0 Å². The molecule has 17 heavy (non-hydrogen) atoms. The third-order valence-electron chi connectivity index (χ3n) is 5.48. The van der Waals surface area contributed by atoms with Crippen LogP contribution in [0.5, 0.6) is 0 Å². The van der Waals surface area contributed by atoms with E-state index in [0.717, 1.165) is 12.8 Å². The fourth-order valence-electron chi connectivity index (χ4n) is 3.81. The molecule has 2 saturated carbocycles. The maximum absolute atomic E-state index is 12.6. The van der Waals surface area contributed by atoms with Crippen LogP contribution in [-0.2, 0) is 9.59 Å². The monoisotopic (exact) mass is 237 g/mol. The molecule has 3 unspecified atom stereocenters. The average molecular weight is 237 g/mol. The SMILES string of the molecule is [2H]CC(C)(C)C(=O)C1C(=O)C2(C)CCC1C2(C)C. The standard InChI is InChI=1S/C15H24O2/c1-13(2,3)11(16)10-9-7-8-15(6,12(10)17)14(9,4)5/h9-10H,7-8H2,1-6H3/i1D. The number of rotatable bonds is 1. The van der Waals surface area contributed by atoms with Crippen molar-refractivity contribution in [3.63, 3.8) is 0 Å². The third-order valence-corrected chi connectivity index (χ3v) is 5.48. The highest BCUT2D eigenvalue weighted by atomic mass is 16.2. The van der Waals surface area contributed by atoms with Crippen molar-refractivity contribution in [2.45, 2.75) is 54.4 Å². The Bertz CT molecular complexity index is 411. The number of hydrogen-bond donors (Lipinski definition) is 0. The zero-order valence-corrected chi connectivity index (χ0v) is 11.6. The Balaban J connectivity index is 2.40. The van der Waals surface area contributed by atoms with Crippen LogP contribution >= 0.6 is 0 Å². The molecule has 0 aromatic carbocycles. The number of carbonyl (C=O) groups is 2. The summed E-state index contributed by atoms with van der Waals surface area (Å²) in [6.07, 6.45) is 1.88. The molecular weight excluding hydrogens is 212 g/mol. The second kappa shape index (κ2) is 3.21. The second-order valence-corrected chi connectivity index (χ2v) is 7.29. The summed E-state index contributed by atoms with van der Waals surface area (Å²) in [5, 5.41) is 0. The van der Waals surface area contributed by atoms with Gasteiger partial charge >= 0.3 is 0 Å². The van der Waals surface area contributed by atoms with E-state index in [2.05, 4.69) is 13.8 Å². The first-order valence-electron chi connectivity index (χ1n) is 7.18. The van der Waals surface area contributed by atoms with E-state index < -0.39 is 11.3 Å². The molecule has 0 saturated heterocycles. The highest BCUT2D eigenvalue weighted by molar-refractivity contribution is 6.09. The summed E-state index contributed by atoms with van der Waals surface area (Å²) in [6.45, 7) is 9.91. The molecule has 0 aliphatic heterocycles. The largest absolute Gasteiger partial charge is 0.298 e. The molecule has 2 aliphatic carbocycles. The zero-order valence-electron chi connectivity index (χ0n) is 12.6. The van der Waals surface area contributed by atoms with Gasteiger partial charge in [-0.2, -0.15) is 0 Å². The molecule has 2 bridgehead atoms. The van der Waals surface area contributed by atoms with E-state index in [9.17, 15) is 9.59 Å². The number of ketones is 2. The summed E-state index contributed by atoms with van der Waals surface area (Å²) in [5.74, 6) is -0.160. The smallest absolute Gasteiger partial charge is 0.150 e. The predicted octanol–water partition coefficient (Wildman–Crippen LogP) is 3.24. The fourth-order valence-corrected chi connectivity index (χ4v) is 3.81. The third kappa shape index (κ3) is 1.39. The quantitative estimate of drug-likeness (QED) is 0.656. The second-order valence-electron chi connectivity index (χ2n) is 7.29. The number of carbonyl (C=O) groups excluding carboxylic acids is 2. The molecule has 2 fully saturated rings. The molecule has 2 heteroatoms. The van der Waals surface area contributed by atoms with E-state index in [1.54, 1.807) is 13.8 Å². The fraction of sp³-hybridized carbons (Fsp3) is 0.867. The summed E-state index contributed by atoms with van der Waals surface area (Å²) in [4.78, 5) is 25.2. The van der Waals surface area contributed by atoms with Crippen LogP contribution in [0.25, 0.3) is 0 Å². The lowest BCUT2D eigenvalue weighted by molar-refractivity contribution is -0.141. The van der Waals surface area contributed by atoms with Gasteiger partial charge in [-0.1, -0.05) is 41.5 Å². The van der Waals surface area contributed by atoms with Crippen molar-refractivity contribution in [3.05, 3.63) is 0 Å². The Kier molecular flexibility index (Phi) is 2.16. The first-order chi connectivity index (χ1) is 8.09. The van der Waals surface area contributed by atoms with E-state index in [0.29, 0.717) is 0 Å². The summed E-state index contributed by atoms with van der Waals surface area (Å²) in [6, 6.07) is 0. The van der Waals surface area contributed by atoms with Crippen molar-refractivity contribution >= 4 is 11.6 Å². The van der Waals surface area contributed by atoms with Crippen molar-refractivity contribution in [3.8, 4) is 0 Å². The molecule has 2 nitrogen and oxygen atoms in total. The highest BCUT2D eigenvalue weighted by Crippen LogP contribution is 2.66. The van der Waals surface area contributed by atoms with Gasteiger partial charge in [0.2, 0.25) is 0 Å². The minimum atomic E-state index is -0.697. The van der Waals surface area contributed by atoms with Gasteiger partial charge < -0.3 is 0 Å². The molecule has 2 aliphatic rings. The van der Waals surface area contributed by atoms with E-state index in [1.807, 2.05) is 6.92 Å². The molecule has 0 radical (unpaired) electrons. The van der Waals surface area contributed by atoms with Crippen molar-refractivity contribution in [1.29, 1.82) is 0 Å². The van der Waals surface area contributed by atoms with Gasteiger partial charge in [0, 0.05) is 12.2 Å². The first kappa shape index (κ1) is 11.4. The van der Waals surface area contributed by atoms with Gasteiger partial charge in [-0.15, -0.1) is 0 Å². The average Bonchev–Trinajstić information content (AvgIpc) is 2.60. The summed E-state index contributed by atoms with van der Waals surface area (Å²) in [7, 11) is 0. The molecule has 0 spiro atoms. The Hall–Kier alpha value is -0.660. The van der Waals surface area contributed by atoms with Crippen molar-refractivity contribution in [2.24, 2.45) is 28.1 Å². The van der Waals surface area contributed by atoms with Crippen molar-refractivity contribution in [2.75, 3.05) is 0 Å². The van der Waals surface area contributed by atoms with Gasteiger partial charge in [-0.3, -0.25) is 9.59 Å². The van der Waals surface area contributed by atoms with E-state index in [1.165, 1.54) is 0 Å². The first-order valence-corrected chi connectivity index (χ1v) is 6.47. The Labute approximate surface area is 106 Å². The van der Waals surface area contributed by atoms with Gasteiger partial charge in [-0.25, -0.2) is 0 Å². The molecule has 0 aromatic heterocycles. The van der Waals surface area contributed by atoms with Gasteiger partial charge in [-0.05, 0) is 24.2 Å². The van der Waals surface area contributed by atoms with Crippen molar-refractivity contribution < 1.29 is 11.0 Å². The van der Waals surface area contributed by atoms with Gasteiger partial charge in [0.05, 0.1) is 5.92 Å². The maximum Gasteiger partial charge on any atom is 0.150 e. The Morgan fingerprint density at radius 1 is 1.41 bits per heavy atom. The normalized spacial score (nSPS) is 40.5. The number of Topliss-reactive ketones (excluding diaryl/α,β-unsaturated/α-hetero) is 2. The lowest BCUT2D eigenvalue weighted by atomic mass is 9.70.